The Bertz CT molecular complexity index is 824. The first kappa shape index (κ1) is 24.9. The van der Waals surface area contributed by atoms with Crippen LogP contribution in [0.2, 0.25) is 19.6 Å². The standard InChI is InChI=1S/C22H35NO5Si/c1-13-15(23-14(2)24)12-16(29(9,10)11)18(20(26)28-22(6,7)8)17(13)19(25)27-21(3,4)5/h12H,1-11H3,(H,23,24). The van der Waals surface area contributed by atoms with E-state index in [4.69, 9.17) is 9.47 Å². The van der Waals surface area contributed by atoms with Gasteiger partial charge in [-0.1, -0.05) is 19.6 Å². The number of amides is 1. The largest absolute Gasteiger partial charge is 0.456 e. The molecular weight excluding hydrogens is 386 g/mol. The van der Waals surface area contributed by atoms with Crippen molar-refractivity contribution in [2.75, 3.05) is 5.32 Å². The summed E-state index contributed by atoms with van der Waals surface area (Å²) in [5.74, 6) is -1.43. The molecule has 0 aliphatic carbocycles. The third-order valence-corrected chi connectivity index (χ3v) is 5.92. The van der Waals surface area contributed by atoms with Crippen LogP contribution in [0.25, 0.3) is 0 Å². The number of ether oxygens (including phenoxy) is 2. The smallest absolute Gasteiger partial charge is 0.339 e. The molecule has 1 rings (SSSR count). The molecule has 1 aromatic rings. The van der Waals surface area contributed by atoms with Gasteiger partial charge in [-0.05, 0) is 65.3 Å². The summed E-state index contributed by atoms with van der Waals surface area (Å²) in [6, 6.07) is 1.80. The van der Waals surface area contributed by atoms with Crippen LogP contribution in [0.5, 0.6) is 0 Å². The van der Waals surface area contributed by atoms with Gasteiger partial charge in [0.25, 0.3) is 0 Å². The number of carbonyl (C=O) groups excluding carboxylic acids is 3. The Balaban J connectivity index is 3.93. The number of anilines is 1. The van der Waals surface area contributed by atoms with Crippen molar-refractivity contribution < 1.29 is 23.9 Å². The quantitative estimate of drug-likeness (QED) is 0.575. The molecule has 0 spiro atoms. The minimum absolute atomic E-state index is 0.151. The molecular formula is C22H35NO5Si. The van der Waals surface area contributed by atoms with Crippen molar-refractivity contribution in [3.8, 4) is 0 Å². The highest BCUT2D eigenvalue weighted by molar-refractivity contribution is 6.89. The average molecular weight is 422 g/mol. The zero-order chi connectivity index (χ0) is 22.9. The lowest BCUT2D eigenvalue weighted by molar-refractivity contribution is -0.114. The Labute approximate surface area is 175 Å². The molecule has 0 aromatic heterocycles. The van der Waals surface area contributed by atoms with E-state index in [9.17, 15) is 14.4 Å². The van der Waals surface area contributed by atoms with Crippen molar-refractivity contribution in [2.24, 2.45) is 0 Å². The molecule has 0 aliphatic rings. The van der Waals surface area contributed by atoms with Crippen LogP contribution < -0.4 is 10.5 Å². The summed E-state index contributed by atoms with van der Waals surface area (Å²) < 4.78 is 11.3. The van der Waals surface area contributed by atoms with Crippen LogP contribution in [-0.2, 0) is 14.3 Å². The third kappa shape index (κ3) is 6.99. The number of hydrogen-bond acceptors (Lipinski definition) is 5. The highest BCUT2D eigenvalue weighted by Gasteiger charge is 2.35. The topological polar surface area (TPSA) is 81.7 Å². The molecule has 0 fully saturated rings. The summed E-state index contributed by atoms with van der Waals surface area (Å²) in [5, 5.41) is 3.52. The van der Waals surface area contributed by atoms with E-state index in [1.165, 1.54) is 6.92 Å². The zero-order valence-electron chi connectivity index (χ0n) is 19.6. The van der Waals surface area contributed by atoms with Gasteiger partial charge >= 0.3 is 11.9 Å². The minimum Gasteiger partial charge on any atom is -0.456 e. The van der Waals surface area contributed by atoms with E-state index in [0.717, 1.165) is 5.19 Å². The second kappa shape index (κ2) is 8.30. The van der Waals surface area contributed by atoms with Crippen LogP contribution in [-0.4, -0.2) is 37.1 Å². The first-order valence-electron chi connectivity index (χ1n) is 9.76. The van der Waals surface area contributed by atoms with Crippen molar-refractivity contribution in [3.63, 3.8) is 0 Å². The Morgan fingerprint density at radius 3 is 1.62 bits per heavy atom. The molecule has 0 atom stereocenters. The van der Waals surface area contributed by atoms with Crippen LogP contribution >= 0.6 is 0 Å². The fraction of sp³-hybridized carbons (Fsp3) is 0.591. The van der Waals surface area contributed by atoms with Crippen molar-refractivity contribution in [3.05, 3.63) is 22.8 Å². The number of hydrogen-bond donors (Lipinski definition) is 1. The number of benzene rings is 1. The first-order chi connectivity index (χ1) is 12.8. The lowest BCUT2D eigenvalue weighted by Crippen LogP contribution is -2.44. The second-order valence-electron chi connectivity index (χ2n) is 10.3. The Morgan fingerprint density at radius 2 is 1.28 bits per heavy atom. The van der Waals surface area contributed by atoms with E-state index >= 15 is 0 Å². The summed E-state index contributed by atoms with van der Waals surface area (Å²) in [4.78, 5) is 38.1. The third-order valence-electron chi connectivity index (χ3n) is 3.91. The van der Waals surface area contributed by atoms with Crippen molar-refractivity contribution in [1.29, 1.82) is 0 Å². The SMILES string of the molecule is CC(=O)Nc1cc([Si](C)(C)C)c(C(=O)OC(C)(C)C)c(C(=O)OC(C)(C)C)c1C. The van der Waals surface area contributed by atoms with E-state index in [2.05, 4.69) is 25.0 Å². The molecule has 162 valence electrons. The molecule has 0 saturated carbocycles. The zero-order valence-corrected chi connectivity index (χ0v) is 20.6. The highest BCUT2D eigenvalue weighted by Crippen LogP contribution is 2.28. The molecule has 7 heteroatoms. The maximum absolute atomic E-state index is 13.2. The van der Waals surface area contributed by atoms with Gasteiger partial charge in [-0.3, -0.25) is 4.79 Å². The highest BCUT2D eigenvalue weighted by atomic mass is 28.3. The fourth-order valence-corrected chi connectivity index (χ4v) is 4.37. The van der Waals surface area contributed by atoms with Crippen molar-refractivity contribution in [2.45, 2.75) is 86.2 Å². The summed E-state index contributed by atoms with van der Waals surface area (Å²) in [5.41, 5.74) is -0.0837. The molecule has 0 bridgehead atoms. The Morgan fingerprint density at radius 1 is 0.862 bits per heavy atom. The Kier molecular flexibility index (Phi) is 7.12. The van der Waals surface area contributed by atoms with Gasteiger partial charge in [0.2, 0.25) is 5.91 Å². The van der Waals surface area contributed by atoms with E-state index < -0.39 is 31.2 Å². The minimum atomic E-state index is -2.12. The summed E-state index contributed by atoms with van der Waals surface area (Å²) in [6.07, 6.45) is 0. The van der Waals surface area contributed by atoms with Crippen LogP contribution in [0.4, 0.5) is 5.69 Å². The molecule has 0 saturated heterocycles. The van der Waals surface area contributed by atoms with Gasteiger partial charge in [0, 0.05) is 12.6 Å². The molecule has 1 amide bonds. The maximum atomic E-state index is 13.2. The molecule has 0 aliphatic heterocycles. The van der Waals surface area contributed by atoms with Crippen LogP contribution in [0.3, 0.4) is 0 Å². The van der Waals surface area contributed by atoms with Crippen LogP contribution in [0.15, 0.2) is 6.07 Å². The van der Waals surface area contributed by atoms with Crippen molar-refractivity contribution in [1.82, 2.24) is 0 Å². The predicted molar refractivity (Wildman–Crippen MR) is 119 cm³/mol. The second-order valence-corrected chi connectivity index (χ2v) is 15.3. The monoisotopic (exact) mass is 421 g/mol. The average Bonchev–Trinajstić information content (AvgIpc) is 2.43. The molecule has 6 nitrogen and oxygen atoms in total. The lowest BCUT2D eigenvalue weighted by atomic mass is 9.98. The maximum Gasteiger partial charge on any atom is 0.339 e. The van der Waals surface area contributed by atoms with E-state index in [1.54, 1.807) is 54.5 Å². The first-order valence-corrected chi connectivity index (χ1v) is 13.3. The van der Waals surface area contributed by atoms with Gasteiger partial charge in [-0.2, -0.15) is 0 Å². The molecule has 0 unspecified atom stereocenters. The summed E-state index contributed by atoms with van der Waals surface area (Å²) in [6.45, 7) is 20.0. The van der Waals surface area contributed by atoms with Gasteiger partial charge in [-0.25, -0.2) is 9.59 Å². The number of carbonyl (C=O) groups is 3. The summed E-state index contributed by atoms with van der Waals surface area (Å²) in [7, 11) is -2.12. The predicted octanol–water partition coefficient (Wildman–Crippen LogP) is 4.41. The van der Waals surface area contributed by atoms with Crippen LogP contribution in [0, 0.1) is 6.92 Å². The van der Waals surface area contributed by atoms with Gasteiger partial charge in [0.1, 0.15) is 11.2 Å². The molecule has 1 N–H and O–H groups in total. The van der Waals surface area contributed by atoms with Gasteiger partial charge in [0.15, 0.2) is 0 Å². The summed E-state index contributed by atoms with van der Waals surface area (Å²) >= 11 is 0. The number of esters is 2. The van der Waals surface area contributed by atoms with Gasteiger partial charge < -0.3 is 14.8 Å². The normalized spacial score (nSPS) is 12.4. The molecule has 1 aromatic carbocycles. The molecule has 0 heterocycles. The van der Waals surface area contributed by atoms with Crippen molar-refractivity contribution >= 4 is 36.8 Å². The number of rotatable bonds is 4. The number of nitrogens with one attached hydrogen (secondary N) is 1. The molecule has 0 radical (unpaired) electrons. The Hall–Kier alpha value is -2.15. The fourth-order valence-electron chi connectivity index (χ4n) is 2.82. The lowest BCUT2D eigenvalue weighted by Gasteiger charge is -2.29. The van der Waals surface area contributed by atoms with Gasteiger partial charge in [0.05, 0.1) is 19.2 Å². The van der Waals surface area contributed by atoms with Crippen LogP contribution in [0.1, 0.15) is 74.7 Å². The van der Waals surface area contributed by atoms with E-state index in [0.29, 0.717) is 11.3 Å². The van der Waals surface area contributed by atoms with E-state index in [-0.39, 0.29) is 17.0 Å². The molecule has 29 heavy (non-hydrogen) atoms. The van der Waals surface area contributed by atoms with E-state index in [1.807, 2.05) is 0 Å². The van der Waals surface area contributed by atoms with Gasteiger partial charge in [-0.15, -0.1) is 0 Å².